The molecule has 24 heavy (non-hydrogen) atoms. The van der Waals surface area contributed by atoms with Crippen LogP contribution in [0.2, 0.25) is 15.1 Å². The molecule has 0 aliphatic heterocycles. The molecule has 2 rings (SSSR count). The summed E-state index contributed by atoms with van der Waals surface area (Å²) < 4.78 is 18.0. The number of benzene rings is 2. The molecule has 0 saturated carbocycles. The predicted molar refractivity (Wildman–Crippen MR) is 91.4 cm³/mol. The second-order valence-electron chi connectivity index (χ2n) is 4.76. The molecular formula is C16H11Cl3FNO3. The Morgan fingerprint density at radius 2 is 1.71 bits per heavy atom. The molecule has 0 heterocycles. The zero-order valence-corrected chi connectivity index (χ0v) is 14.5. The molecule has 1 N–H and O–H groups in total. The van der Waals surface area contributed by atoms with Gasteiger partial charge in [-0.05, 0) is 37.3 Å². The molecule has 0 radical (unpaired) electrons. The van der Waals surface area contributed by atoms with Gasteiger partial charge in [-0.3, -0.25) is 4.79 Å². The molecule has 0 aliphatic rings. The summed E-state index contributed by atoms with van der Waals surface area (Å²) in [6.45, 7) is 1.37. The van der Waals surface area contributed by atoms with Gasteiger partial charge in [0.25, 0.3) is 5.91 Å². The third-order valence-electron chi connectivity index (χ3n) is 3.01. The van der Waals surface area contributed by atoms with E-state index in [2.05, 4.69) is 5.32 Å². The van der Waals surface area contributed by atoms with Crippen molar-refractivity contribution in [2.75, 3.05) is 5.32 Å². The quantitative estimate of drug-likeness (QED) is 0.750. The van der Waals surface area contributed by atoms with Gasteiger partial charge in [0.2, 0.25) is 0 Å². The van der Waals surface area contributed by atoms with Crippen molar-refractivity contribution in [1.29, 1.82) is 0 Å². The maximum Gasteiger partial charge on any atom is 0.341 e. The van der Waals surface area contributed by atoms with Crippen molar-refractivity contribution in [1.82, 2.24) is 0 Å². The van der Waals surface area contributed by atoms with Crippen LogP contribution >= 0.6 is 34.8 Å². The average Bonchev–Trinajstić information content (AvgIpc) is 2.49. The van der Waals surface area contributed by atoms with E-state index in [4.69, 9.17) is 39.5 Å². The lowest BCUT2D eigenvalue weighted by Crippen LogP contribution is -2.30. The van der Waals surface area contributed by atoms with E-state index in [0.29, 0.717) is 0 Å². The maximum atomic E-state index is 13.0. The first-order chi connectivity index (χ1) is 11.3. The number of hydrogen-bond acceptors (Lipinski definition) is 3. The summed E-state index contributed by atoms with van der Waals surface area (Å²) in [6, 6.07) is 8.03. The van der Waals surface area contributed by atoms with Crippen molar-refractivity contribution in [3.63, 3.8) is 0 Å². The van der Waals surface area contributed by atoms with Gasteiger partial charge >= 0.3 is 5.97 Å². The van der Waals surface area contributed by atoms with Crippen molar-refractivity contribution in [2.45, 2.75) is 13.0 Å². The molecule has 2 aromatic rings. The fourth-order valence-electron chi connectivity index (χ4n) is 1.79. The molecule has 0 spiro atoms. The summed E-state index contributed by atoms with van der Waals surface area (Å²) in [5.41, 5.74) is 0.169. The van der Waals surface area contributed by atoms with Crippen LogP contribution in [0.4, 0.5) is 10.1 Å². The molecule has 0 aliphatic carbocycles. The van der Waals surface area contributed by atoms with Crippen LogP contribution in [0.15, 0.2) is 36.4 Å². The zero-order chi connectivity index (χ0) is 17.9. The van der Waals surface area contributed by atoms with Gasteiger partial charge in [-0.1, -0.05) is 40.9 Å². The highest BCUT2D eigenvalue weighted by molar-refractivity contribution is 6.39. The van der Waals surface area contributed by atoms with E-state index in [1.165, 1.54) is 25.1 Å². The van der Waals surface area contributed by atoms with Crippen molar-refractivity contribution in [3.05, 3.63) is 62.8 Å². The standard InChI is InChI=1S/C16H11Cl3FNO3/c1-8(15(22)21-13-6-5-9(20)7-12(13)19)24-16(23)14-10(17)3-2-4-11(14)18/h2-8H,1H3,(H,21,22). The molecule has 1 unspecified atom stereocenters. The van der Waals surface area contributed by atoms with Gasteiger partial charge in [-0.2, -0.15) is 0 Å². The van der Waals surface area contributed by atoms with Crippen LogP contribution in [0, 0.1) is 5.82 Å². The van der Waals surface area contributed by atoms with Gasteiger partial charge < -0.3 is 10.1 Å². The number of ether oxygens (including phenoxy) is 1. The topological polar surface area (TPSA) is 55.4 Å². The second kappa shape index (κ2) is 7.83. The van der Waals surface area contributed by atoms with Gasteiger partial charge in [0.1, 0.15) is 5.82 Å². The maximum absolute atomic E-state index is 13.0. The molecule has 2 aromatic carbocycles. The minimum Gasteiger partial charge on any atom is -0.449 e. The van der Waals surface area contributed by atoms with Gasteiger partial charge in [-0.25, -0.2) is 9.18 Å². The third-order valence-corrected chi connectivity index (χ3v) is 3.95. The van der Waals surface area contributed by atoms with E-state index in [1.807, 2.05) is 0 Å². The predicted octanol–water partition coefficient (Wildman–Crippen LogP) is 4.97. The molecule has 4 nitrogen and oxygen atoms in total. The summed E-state index contributed by atoms with van der Waals surface area (Å²) in [6.07, 6.45) is -1.15. The number of anilines is 1. The molecule has 0 bridgehead atoms. The van der Waals surface area contributed by atoms with Crippen LogP contribution in [0.1, 0.15) is 17.3 Å². The number of halogens is 4. The highest BCUT2D eigenvalue weighted by Gasteiger charge is 2.23. The first-order valence-electron chi connectivity index (χ1n) is 6.70. The van der Waals surface area contributed by atoms with Crippen LogP contribution < -0.4 is 5.32 Å². The van der Waals surface area contributed by atoms with Gasteiger partial charge in [-0.15, -0.1) is 0 Å². The fourth-order valence-corrected chi connectivity index (χ4v) is 2.56. The number of nitrogens with one attached hydrogen (secondary N) is 1. The Labute approximate surface area is 152 Å². The number of rotatable bonds is 4. The lowest BCUT2D eigenvalue weighted by Gasteiger charge is -2.15. The van der Waals surface area contributed by atoms with Crippen molar-refractivity contribution in [2.24, 2.45) is 0 Å². The Morgan fingerprint density at radius 1 is 1.08 bits per heavy atom. The zero-order valence-electron chi connectivity index (χ0n) is 12.3. The van der Waals surface area contributed by atoms with Crippen molar-refractivity contribution < 1.29 is 18.7 Å². The molecule has 0 fully saturated rings. The molecule has 126 valence electrons. The first-order valence-corrected chi connectivity index (χ1v) is 7.84. The lowest BCUT2D eigenvalue weighted by molar-refractivity contribution is -0.123. The van der Waals surface area contributed by atoms with Crippen molar-refractivity contribution in [3.8, 4) is 0 Å². The van der Waals surface area contributed by atoms with Crippen LogP contribution in [0.25, 0.3) is 0 Å². The number of esters is 1. The number of carbonyl (C=O) groups is 2. The highest BCUT2D eigenvalue weighted by Crippen LogP contribution is 2.26. The SMILES string of the molecule is CC(OC(=O)c1c(Cl)cccc1Cl)C(=O)Nc1ccc(F)cc1Cl. The second-order valence-corrected chi connectivity index (χ2v) is 5.98. The fraction of sp³-hybridized carbons (Fsp3) is 0.125. The number of amides is 1. The molecule has 1 amide bonds. The minimum atomic E-state index is -1.15. The first kappa shape index (κ1) is 18.5. The van der Waals surface area contributed by atoms with Gasteiger partial charge in [0.05, 0.1) is 26.3 Å². The molecule has 0 aromatic heterocycles. The summed E-state index contributed by atoms with van der Waals surface area (Å²) in [5.74, 6) is -2.01. The summed E-state index contributed by atoms with van der Waals surface area (Å²) in [4.78, 5) is 24.2. The average molecular weight is 391 g/mol. The lowest BCUT2D eigenvalue weighted by atomic mass is 10.2. The summed E-state index contributed by atoms with van der Waals surface area (Å²) in [7, 11) is 0. The monoisotopic (exact) mass is 389 g/mol. The Hall–Kier alpha value is -1.82. The molecule has 0 saturated heterocycles. The van der Waals surface area contributed by atoms with E-state index in [1.54, 1.807) is 6.07 Å². The van der Waals surface area contributed by atoms with Gasteiger partial charge in [0.15, 0.2) is 6.10 Å². The van der Waals surface area contributed by atoms with Crippen LogP contribution in [0.3, 0.4) is 0 Å². The Kier molecular flexibility index (Phi) is 6.04. The van der Waals surface area contributed by atoms with Crippen LogP contribution in [0.5, 0.6) is 0 Å². The Morgan fingerprint density at radius 3 is 2.29 bits per heavy atom. The summed E-state index contributed by atoms with van der Waals surface area (Å²) >= 11 is 17.7. The smallest absolute Gasteiger partial charge is 0.341 e. The van der Waals surface area contributed by atoms with E-state index in [-0.39, 0.29) is 26.3 Å². The minimum absolute atomic E-state index is 0.0241. The molecule has 8 heteroatoms. The number of carbonyl (C=O) groups excluding carboxylic acids is 2. The van der Waals surface area contributed by atoms with Crippen LogP contribution in [-0.2, 0) is 9.53 Å². The highest BCUT2D eigenvalue weighted by atomic mass is 35.5. The molecular weight excluding hydrogens is 380 g/mol. The van der Waals surface area contributed by atoms with E-state index in [9.17, 15) is 14.0 Å². The van der Waals surface area contributed by atoms with E-state index >= 15 is 0 Å². The van der Waals surface area contributed by atoms with E-state index in [0.717, 1.165) is 12.1 Å². The largest absolute Gasteiger partial charge is 0.449 e. The Bertz CT molecular complexity index is 778. The van der Waals surface area contributed by atoms with Gasteiger partial charge in [0, 0.05) is 0 Å². The third kappa shape index (κ3) is 4.38. The normalized spacial score (nSPS) is 11.7. The Balaban J connectivity index is 2.07. The van der Waals surface area contributed by atoms with E-state index < -0.39 is 23.8 Å². The summed E-state index contributed by atoms with van der Waals surface area (Å²) in [5, 5.41) is 2.69. The molecule has 1 atom stereocenters. The number of hydrogen-bond donors (Lipinski definition) is 1. The van der Waals surface area contributed by atoms with Crippen molar-refractivity contribution >= 4 is 52.4 Å². The van der Waals surface area contributed by atoms with Crippen LogP contribution in [-0.4, -0.2) is 18.0 Å².